The Morgan fingerprint density at radius 3 is 2.30 bits per heavy atom. The van der Waals surface area contributed by atoms with Crippen LogP contribution < -0.4 is 4.72 Å². The topological polar surface area (TPSA) is 74.8 Å². The third kappa shape index (κ3) is 4.46. The molecule has 1 heterocycles. The number of nitrogens with zero attached hydrogens (tertiary/aromatic N) is 1. The third-order valence-corrected chi connectivity index (χ3v) is 6.23. The Kier molecular flexibility index (Phi) is 5.77. The average Bonchev–Trinajstić information content (AvgIpc) is 3.03. The molecule has 0 amide bonds. The SMILES string of the molecule is CCc1[nH]nc(C(Cc2ccccc2)NS(=O)(=O)c2ccc(C)cc2)c1C. The molecule has 142 valence electrons. The molecule has 1 unspecified atom stereocenters. The molecule has 0 saturated heterocycles. The van der Waals surface area contributed by atoms with Crippen molar-refractivity contribution in [2.24, 2.45) is 0 Å². The van der Waals surface area contributed by atoms with Crippen LogP contribution in [0.4, 0.5) is 0 Å². The van der Waals surface area contributed by atoms with Crippen LogP contribution in [0.5, 0.6) is 0 Å². The fourth-order valence-corrected chi connectivity index (χ4v) is 4.35. The van der Waals surface area contributed by atoms with Crippen molar-refractivity contribution in [3.63, 3.8) is 0 Å². The number of hydrogen-bond acceptors (Lipinski definition) is 3. The van der Waals surface area contributed by atoms with E-state index in [1.807, 2.05) is 51.1 Å². The second kappa shape index (κ2) is 8.06. The summed E-state index contributed by atoms with van der Waals surface area (Å²) in [7, 11) is -3.66. The van der Waals surface area contributed by atoms with Crippen LogP contribution in [-0.4, -0.2) is 18.6 Å². The fourth-order valence-electron chi connectivity index (χ4n) is 3.15. The second-order valence-electron chi connectivity index (χ2n) is 6.74. The summed E-state index contributed by atoms with van der Waals surface area (Å²) < 4.78 is 28.8. The number of sulfonamides is 1. The van der Waals surface area contributed by atoms with Gasteiger partial charge in [0, 0.05) is 5.69 Å². The van der Waals surface area contributed by atoms with E-state index in [1.165, 1.54) is 0 Å². The van der Waals surface area contributed by atoms with Crippen molar-refractivity contribution < 1.29 is 8.42 Å². The van der Waals surface area contributed by atoms with Crippen LogP contribution in [0.15, 0.2) is 59.5 Å². The quantitative estimate of drug-likeness (QED) is 0.651. The van der Waals surface area contributed by atoms with E-state index in [9.17, 15) is 8.42 Å². The minimum Gasteiger partial charge on any atom is -0.282 e. The monoisotopic (exact) mass is 383 g/mol. The molecule has 1 aromatic heterocycles. The highest BCUT2D eigenvalue weighted by Gasteiger charge is 2.25. The molecule has 3 rings (SSSR count). The van der Waals surface area contributed by atoms with Crippen molar-refractivity contribution in [2.75, 3.05) is 0 Å². The van der Waals surface area contributed by atoms with Gasteiger partial charge in [0.1, 0.15) is 0 Å². The molecular weight excluding hydrogens is 358 g/mol. The molecule has 1 atom stereocenters. The highest BCUT2D eigenvalue weighted by atomic mass is 32.2. The normalized spacial score (nSPS) is 12.9. The van der Waals surface area contributed by atoms with Crippen LogP contribution in [0, 0.1) is 13.8 Å². The van der Waals surface area contributed by atoms with E-state index in [2.05, 4.69) is 14.9 Å². The molecule has 2 N–H and O–H groups in total. The Hall–Kier alpha value is -2.44. The lowest BCUT2D eigenvalue weighted by atomic mass is 10.0. The predicted molar refractivity (Wildman–Crippen MR) is 107 cm³/mol. The Bertz CT molecular complexity index is 994. The van der Waals surface area contributed by atoms with E-state index in [-0.39, 0.29) is 4.90 Å². The summed E-state index contributed by atoms with van der Waals surface area (Å²) in [6, 6.07) is 16.3. The number of aryl methyl sites for hydroxylation is 2. The van der Waals surface area contributed by atoms with E-state index >= 15 is 0 Å². The number of aromatic nitrogens is 2. The first-order valence-corrected chi connectivity index (χ1v) is 10.6. The molecule has 3 aromatic rings. The van der Waals surface area contributed by atoms with Gasteiger partial charge < -0.3 is 0 Å². The van der Waals surface area contributed by atoms with Gasteiger partial charge in [-0.25, -0.2) is 13.1 Å². The fraction of sp³-hybridized carbons (Fsp3) is 0.286. The third-order valence-electron chi connectivity index (χ3n) is 4.74. The second-order valence-corrected chi connectivity index (χ2v) is 8.46. The van der Waals surface area contributed by atoms with Gasteiger partial charge in [0.05, 0.1) is 16.6 Å². The van der Waals surface area contributed by atoms with Crippen LogP contribution >= 0.6 is 0 Å². The summed E-state index contributed by atoms with van der Waals surface area (Å²) in [6.45, 7) is 5.96. The van der Waals surface area contributed by atoms with Gasteiger partial charge in [0.2, 0.25) is 10.0 Å². The van der Waals surface area contributed by atoms with Gasteiger partial charge in [-0.3, -0.25) is 5.10 Å². The van der Waals surface area contributed by atoms with Crippen molar-refractivity contribution in [3.8, 4) is 0 Å². The minimum absolute atomic E-state index is 0.259. The first-order valence-electron chi connectivity index (χ1n) is 9.07. The van der Waals surface area contributed by atoms with Gasteiger partial charge in [-0.15, -0.1) is 0 Å². The molecule has 5 nitrogen and oxygen atoms in total. The maximum absolute atomic E-state index is 13.0. The molecule has 27 heavy (non-hydrogen) atoms. The molecule has 0 fully saturated rings. The number of hydrogen-bond donors (Lipinski definition) is 2. The molecule has 0 aliphatic carbocycles. The number of rotatable bonds is 7. The summed E-state index contributed by atoms with van der Waals surface area (Å²) in [5.74, 6) is 0. The number of aromatic amines is 1. The van der Waals surface area contributed by atoms with Gasteiger partial charge in [-0.1, -0.05) is 55.0 Å². The van der Waals surface area contributed by atoms with Gasteiger partial charge in [0.25, 0.3) is 0 Å². The van der Waals surface area contributed by atoms with Crippen LogP contribution in [-0.2, 0) is 22.9 Å². The van der Waals surface area contributed by atoms with Gasteiger partial charge in [-0.2, -0.15) is 5.10 Å². The minimum atomic E-state index is -3.66. The number of benzene rings is 2. The van der Waals surface area contributed by atoms with Crippen molar-refractivity contribution in [1.29, 1.82) is 0 Å². The largest absolute Gasteiger partial charge is 0.282 e. The lowest BCUT2D eigenvalue weighted by Crippen LogP contribution is -2.31. The van der Waals surface area contributed by atoms with Gasteiger partial charge in [-0.05, 0) is 49.9 Å². The van der Waals surface area contributed by atoms with E-state index < -0.39 is 16.1 Å². The zero-order valence-electron chi connectivity index (χ0n) is 15.9. The van der Waals surface area contributed by atoms with Crippen molar-refractivity contribution in [2.45, 2.75) is 44.6 Å². The summed E-state index contributed by atoms with van der Waals surface area (Å²) >= 11 is 0. The zero-order valence-corrected chi connectivity index (χ0v) is 16.7. The van der Waals surface area contributed by atoms with E-state index in [0.29, 0.717) is 6.42 Å². The van der Waals surface area contributed by atoms with Crippen LogP contribution in [0.2, 0.25) is 0 Å². The summed E-state index contributed by atoms with van der Waals surface area (Å²) in [5, 5.41) is 7.46. The van der Waals surface area contributed by atoms with E-state index in [4.69, 9.17) is 0 Å². The first-order chi connectivity index (χ1) is 12.9. The van der Waals surface area contributed by atoms with Crippen molar-refractivity contribution in [3.05, 3.63) is 82.7 Å². The molecule has 0 saturated carbocycles. The predicted octanol–water partition coefficient (Wildman–Crippen LogP) is 3.85. The summed E-state index contributed by atoms with van der Waals surface area (Å²) in [6.07, 6.45) is 1.35. The Balaban J connectivity index is 1.96. The highest BCUT2D eigenvalue weighted by molar-refractivity contribution is 7.89. The van der Waals surface area contributed by atoms with E-state index in [1.54, 1.807) is 24.3 Å². The summed E-state index contributed by atoms with van der Waals surface area (Å²) in [5.41, 5.74) is 4.84. The maximum atomic E-state index is 13.0. The molecular formula is C21H25N3O2S. The van der Waals surface area contributed by atoms with Crippen molar-refractivity contribution in [1.82, 2.24) is 14.9 Å². The molecule has 0 aliphatic heterocycles. The first kappa shape index (κ1) is 19.3. The molecule has 2 aromatic carbocycles. The molecule has 0 spiro atoms. The summed E-state index contributed by atoms with van der Waals surface area (Å²) in [4.78, 5) is 0.259. The zero-order chi connectivity index (χ0) is 19.4. The van der Waals surface area contributed by atoms with Crippen molar-refractivity contribution >= 4 is 10.0 Å². The molecule has 0 aliphatic rings. The maximum Gasteiger partial charge on any atom is 0.241 e. The van der Waals surface area contributed by atoms with Gasteiger partial charge in [0.15, 0.2) is 0 Å². The molecule has 0 bridgehead atoms. The molecule has 6 heteroatoms. The lowest BCUT2D eigenvalue weighted by Gasteiger charge is -2.18. The smallest absolute Gasteiger partial charge is 0.241 e. The standard InChI is InChI=1S/C21H25N3O2S/c1-4-19-16(3)21(23-22-19)20(14-17-8-6-5-7-9-17)24-27(25,26)18-12-10-15(2)11-13-18/h5-13,20,24H,4,14H2,1-3H3,(H,22,23). The van der Waals surface area contributed by atoms with Crippen LogP contribution in [0.3, 0.4) is 0 Å². The Morgan fingerprint density at radius 2 is 1.70 bits per heavy atom. The van der Waals surface area contributed by atoms with Crippen LogP contribution in [0.25, 0.3) is 0 Å². The van der Waals surface area contributed by atoms with E-state index in [0.717, 1.165) is 34.5 Å². The van der Waals surface area contributed by atoms with Crippen LogP contribution in [0.1, 0.15) is 41.0 Å². The number of nitrogens with one attached hydrogen (secondary N) is 2. The average molecular weight is 384 g/mol. The highest BCUT2D eigenvalue weighted by Crippen LogP contribution is 2.24. The lowest BCUT2D eigenvalue weighted by molar-refractivity contribution is 0.548. The Morgan fingerprint density at radius 1 is 1.04 bits per heavy atom. The molecule has 0 radical (unpaired) electrons. The van der Waals surface area contributed by atoms with Gasteiger partial charge >= 0.3 is 0 Å². The number of H-pyrrole nitrogens is 1. The Labute approximate surface area is 160 Å².